The van der Waals surface area contributed by atoms with Gasteiger partial charge in [-0.2, -0.15) is 0 Å². The summed E-state index contributed by atoms with van der Waals surface area (Å²) in [4.78, 5) is 4.28. The van der Waals surface area contributed by atoms with Crippen molar-refractivity contribution in [3.63, 3.8) is 0 Å². The van der Waals surface area contributed by atoms with Crippen LogP contribution < -0.4 is 5.73 Å². The van der Waals surface area contributed by atoms with Crippen molar-refractivity contribution in [3.8, 4) is 0 Å². The van der Waals surface area contributed by atoms with Crippen molar-refractivity contribution in [1.82, 2.24) is 4.98 Å². The molecule has 0 atom stereocenters. The molecule has 0 saturated heterocycles. The molecule has 1 heterocycles. The molecule has 2 N–H and O–H groups in total. The van der Waals surface area contributed by atoms with Crippen molar-refractivity contribution in [1.29, 1.82) is 0 Å². The van der Waals surface area contributed by atoms with Crippen molar-refractivity contribution in [2.24, 2.45) is 0 Å². The Hall–Kier alpha value is -2.08. The van der Waals surface area contributed by atoms with Gasteiger partial charge in [0.05, 0.1) is 0 Å². The molecule has 0 aliphatic carbocycles. The molecule has 0 aliphatic rings. The lowest BCUT2D eigenvalue weighted by Crippen LogP contribution is -1.87. The Morgan fingerprint density at radius 1 is 1.10 bits per heavy atom. The lowest BCUT2D eigenvalue weighted by molar-refractivity contribution is 0.489. The zero-order valence-corrected chi connectivity index (χ0v) is 11.1. The third kappa shape index (κ3) is 2.60. The highest BCUT2D eigenvalue weighted by atomic mass is 32.2. The summed E-state index contributed by atoms with van der Waals surface area (Å²) in [6.07, 6.45) is 0. The van der Waals surface area contributed by atoms with E-state index in [0.717, 1.165) is 6.07 Å². The van der Waals surface area contributed by atoms with Gasteiger partial charge >= 0.3 is 0 Å². The highest BCUT2D eigenvalue weighted by Gasteiger charge is 2.08. The quantitative estimate of drug-likeness (QED) is 0.586. The number of halogens is 2. The van der Waals surface area contributed by atoms with E-state index in [1.165, 1.54) is 23.9 Å². The zero-order valence-electron chi connectivity index (χ0n) is 10.3. The van der Waals surface area contributed by atoms with E-state index in [9.17, 15) is 8.78 Å². The molecule has 0 spiro atoms. The second kappa shape index (κ2) is 5.13. The van der Waals surface area contributed by atoms with Gasteiger partial charge in [-0.1, -0.05) is 17.8 Å². The fraction of sp³-hybridized carbons (Fsp3) is 0.0714. The van der Waals surface area contributed by atoms with Crippen LogP contribution >= 0.6 is 11.8 Å². The van der Waals surface area contributed by atoms with Crippen LogP contribution in [-0.2, 0) is 5.75 Å². The van der Waals surface area contributed by atoms with Crippen molar-refractivity contribution in [3.05, 3.63) is 53.6 Å². The molecule has 6 heteroatoms. The van der Waals surface area contributed by atoms with Crippen LogP contribution in [0.2, 0.25) is 0 Å². The van der Waals surface area contributed by atoms with Crippen molar-refractivity contribution in [2.45, 2.75) is 11.0 Å². The molecule has 3 rings (SSSR count). The van der Waals surface area contributed by atoms with Crippen molar-refractivity contribution in [2.75, 3.05) is 5.73 Å². The fourth-order valence-corrected chi connectivity index (χ4v) is 2.54. The number of oxazole rings is 1. The summed E-state index contributed by atoms with van der Waals surface area (Å²) >= 11 is 1.31. The van der Waals surface area contributed by atoms with Gasteiger partial charge in [-0.3, -0.25) is 0 Å². The van der Waals surface area contributed by atoms with E-state index < -0.39 is 11.6 Å². The van der Waals surface area contributed by atoms with Crippen molar-refractivity contribution < 1.29 is 13.2 Å². The Balaban J connectivity index is 1.77. The average Bonchev–Trinajstić information content (AvgIpc) is 2.82. The van der Waals surface area contributed by atoms with Crippen LogP contribution in [0.15, 0.2) is 46.0 Å². The number of benzene rings is 2. The normalized spacial score (nSPS) is 11.1. The van der Waals surface area contributed by atoms with E-state index in [2.05, 4.69) is 4.98 Å². The molecule has 102 valence electrons. The summed E-state index contributed by atoms with van der Waals surface area (Å²) in [6, 6.07) is 9.02. The van der Waals surface area contributed by atoms with Crippen LogP contribution in [0.1, 0.15) is 5.56 Å². The number of nitrogen functional groups attached to an aromatic ring is 1. The molecule has 0 saturated carbocycles. The first kappa shape index (κ1) is 12.9. The molecular weight excluding hydrogens is 282 g/mol. The van der Waals surface area contributed by atoms with E-state index in [4.69, 9.17) is 10.2 Å². The number of hydrogen-bond acceptors (Lipinski definition) is 4. The van der Waals surface area contributed by atoms with Gasteiger partial charge in [-0.15, -0.1) is 0 Å². The number of thioether (sulfide) groups is 1. The molecule has 20 heavy (non-hydrogen) atoms. The Bertz CT molecular complexity index is 773. The number of rotatable bonds is 3. The molecule has 0 aliphatic heterocycles. The summed E-state index contributed by atoms with van der Waals surface area (Å²) in [5, 5.41) is 0.468. The third-order valence-corrected chi connectivity index (χ3v) is 3.64. The summed E-state index contributed by atoms with van der Waals surface area (Å²) in [5.74, 6) is -1.26. The molecule has 0 radical (unpaired) electrons. The topological polar surface area (TPSA) is 52.0 Å². The van der Waals surface area contributed by atoms with Crippen LogP contribution in [0, 0.1) is 11.6 Å². The molecule has 1 aromatic heterocycles. The van der Waals surface area contributed by atoms with Gasteiger partial charge in [-0.05, 0) is 35.9 Å². The highest BCUT2D eigenvalue weighted by Crippen LogP contribution is 2.27. The summed E-state index contributed by atoms with van der Waals surface area (Å²) < 4.78 is 31.4. The summed E-state index contributed by atoms with van der Waals surface area (Å²) in [7, 11) is 0. The first-order valence-electron chi connectivity index (χ1n) is 5.84. The highest BCUT2D eigenvalue weighted by molar-refractivity contribution is 7.98. The molecular formula is C14H10F2N2OS. The molecule has 0 bridgehead atoms. The molecule has 3 aromatic rings. The minimum Gasteiger partial charge on any atom is -0.431 e. The fourth-order valence-electron chi connectivity index (χ4n) is 1.76. The van der Waals surface area contributed by atoms with Gasteiger partial charge in [0.15, 0.2) is 17.2 Å². The standard InChI is InChI=1S/C14H10F2N2OS/c15-10-3-1-8(5-11(10)16)7-20-14-18-12-6-9(17)2-4-13(12)19-14/h1-6H,7,17H2. The molecule has 0 fully saturated rings. The second-order valence-electron chi connectivity index (χ2n) is 4.24. The molecule has 3 nitrogen and oxygen atoms in total. The lowest BCUT2D eigenvalue weighted by atomic mass is 10.2. The largest absolute Gasteiger partial charge is 0.431 e. The number of hydrogen-bond donors (Lipinski definition) is 1. The van der Waals surface area contributed by atoms with Gasteiger partial charge in [-0.25, -0.2) is 13.8 Å². The Morgan fingerprint density at radius 3 is 2.75 bits per heavy atom. The lowest BCUT2D eigenvalue weighted by Gasteiger charge is -1.99. The number of nitrogens with two attached hydrogens (primary N) is 1. The van der Waals surface area contributed by atoms with Crippen molar-refractivity contribution >= 4 is 28.5 Å². The molecule has 2 aromatic carbocycles. The summed E-state index contributed by atoms with van der Waals surface area (Å²) in [5.41, 5.74) is 8.26. The van der Waals surface area contributed by atoms with Gasteiger partial charge in [0, 0.05) is 11.4 Å². The minimum absolute atomic E-state index is 0.444. The number of aromatic nitrogens is 1. The van der Waals surface area contributed by atoms with Crippen LogP contribution in [0.4, 0.5) is 14.5 Å². The van der Waals surface area contributed by atoms with Crippen LogP contribution in [-0.4, -0.2) is 4.98 Å². The van der Waals surface area contributed by atoms with E-state index in [1.807, 2.05) is 0 Å². The van der Waals surface area contributed by atoms with Crippen LogP contribution in [0.3, 0.4) is 0 Å². The van der Waals surface area contributed by atoms with E-state index in [1.54, 1.807) is 18.2 Å². The van der Waals surface area contributed by atoms with E-state index in [0.29, 0.717) is 33.3 Å². The smallest absolute Gasteiger partial charge is 0.257 e. The van der Waals surface area contributed by atoms with E-state index >= 15 is 0 Å². The maximum atomic E-state index is 13.1. The minimum atomic E-state index is -0.853. The molecule has 0 unspecified atom stereocenters. The van der Waals surface area contributed by atoms with Crippen LogP contribution in [0.5, 0.6) is 0 Å². The van der Waals surface area contributed by atoms with Gasteiger partial charge < -0.3 is 10.2 Å². The maximum absolute atomic E-state index is 13.1. The first-order chi connectivity index (χ1) is 9.61. The third-order valence-electron chi connectivity index (χ3n) is 2.74. The number of nitrogens with zero attached hydrogens (tertiary/aromatic N) is 1. The predicted molar refractivity (Wildman–Crippen MR) is 74.3 cm³/mol. The van der Waals surface area contributed by atoms with Gasteiger partial charge in [0.2, 0.25) is 0 Å². The zero-order chi connectivity index (χ0) is 14.1. The Kier molecular flexibility index (Phi) is 3.31. The van der Waals surface area contributed by atoms with Gasteiger partial charge in [0.1, 0.15) is 5.52 Å². The second-order valence-corrected chi connectivity index (χ2v) is 5.17. The average molecular weight is 292 g/mol. The van der Waals surface area contributed by atoms with E-state index in [-0.39, 0.29) is 0 Å². The number of anilines is 1. The maximum Gasteiger partial charge on any atom is 0.257 e. The van der Waals surface area contributed by atoms with Gasteiger partial charge in [0.25, 0.3) is 5.22 Å². The Morgan fingerprint density at radius 2 is 1.95 bits per heavy atom. The SMILES string of the molecule is Nc1ccc2oc(SCc3ccc(F)c(F)c3)nc2c1. The first-order valence-corrected chi connectivity index (χ1v) is 6.83. The molecule has 0 amide bonds. The Labute approximate surface area is 117 Å². The monoisotopic (exact) mass is 292 g/mol. The predicted octanol–water partition coefficient (Wildman–Crippen LogP) is 3.98. The summed E-state index contributed by atoms with van der Waals surface area (Å²) in [6.45, 7) is 0. The van der Waals surface area contributed by atoms with Crippen LogP contribution in [0.25, 0.3) is 11.1 Å². The number of fused-ring (bicyclic) bond motifs is 1.